The monoisotopic (exact) mass is 143 g/mol. The summed E-state index contributed by atoms with van der Waals surface area (Å²) in [5.41, 5.74) is 0. The molecule has 10 heavy (non-hydrogen) atoms. The normalized spacial score (nSPS) is 36.3. The van der Waals surface area contributed by atoms with Crippen molar-refractivity contribution < 1.29 is 4.39 Å². The molecule has 0 radical (unpaired) electrons. The van der Waals surface area contributed by atoms with Gasteiger partial charge in [0.2, 0.25) is 0 Å². The van der Waals surface area contributed by atoms with Gasteiger partial charge >= 0.3 is 0 Å². The quantitative estimate of drug-likeness (QED) is 0.538. The van der Waals surface area contributed by atoms with Crippen molar-refractivity contribution in [1.82, 2.24) is 4.90 Å². The Morgan fingerprint density at radius 1 is 1.20 bits per heavy atom. The minimum absolute atomic E-state index is 0.533. The van der Waals surface area contributed by atoms with Crippen molar-refractivity contribution in [2.75, 3.05) is 13.1 Å². The second-order valence-electron chi connectivity index (χ2n) is 3.47. The highest BCUT2D eigenvalue weighted by atomic mass is 19.1. The number of alkyl halides is 1. The summed E-state index contributed by atoms with van der Waals surface area (Å²) in [6.07, 6.45) is 3.95. The largest absolute Gasteiger partial charge is 0.298 e. The molecule has 0 unspecified atom stereocenters. The van der Waals surface area contributed by atoms with Gasteiger partial charge < -0.3 is 0 Å². The molecule has 0 aromatic carbocycles. The van der Waals surface area contributed by atoms with Gasteiger partial charge in [0.05, 0.1) is 0 Å². The van der Waals surface area contributed by atoms with Gasteiger partial charge in [0.25, 0.3) is 0 Å². The molecule has 0 amide bonds. The standard InChI is InChI=1S/C8H14FN/c9-7-2-1-5-10(6-7)8-3-4-8/h7-8H,1-6H2/t7-/m1/s1. The van der Waals surface area contributed by atoms with E-state index in [1.165, 1.54) is 12.8 Å². The number of hydrogen-bond donors (Lipinski definition) is 0. The molecule has 1 saturated carbocycles. The van der Waals surface area contributed by atoms with Crippen LogP contribution in [0.1, 0.15) is 25.7 Å². The van der Waals surface area contributed by atoms with Crippen LogP contribution >= 0.6 is 0 Å². The van der Waals surface area contributed by atoms with Crippen LogP contribution in [0.2, 0.25) is 0 Å². The Bertz CT molecular complexity index is 122. The van der Waals surface area contributed by atoms with Crippen molar-refractivity contribution >= 4 is 0 Å². The predicted molar refractivity (Wildman–Crippen MR) is 38.7 cm³/mol. The summed E-state index contributed by atoms with van der Waals surface area (Å²) in [6, 6.07) is 0.763. The van der Waals surface area contributed by atoms with Crippen LogP contribution in [-0.2, 0) is 0 Å². The molecular weight excluding hydrogens is 129 g/mol. The SMILES string of the molecule is F[C@@H]1CCCN(C2CC2)C1. The smallest absolute Gasteiger partial charge is 0.113 e. The van der Waals surface area contributed by atoms with E-state index in [0.29, 0.717) is 6.54 Å². The second-order valence-corrected chi connectivity index (χ2v) is 3.47. The Hall–Kier alpha value is -0.110. The molecule has 58 valence electrons. The van der Waals surface area contributed by atoms with Gasteiger partial charge in [-0.05, 0) is 32.2 Å². The molecule has 1 saturated heterocycles. The molecule has 1 aliphatic heterocycles. The van der Waals surface area contributed by atoms with Gasteiger partial charge in [-0.1, -0.05) is 0 Å². The van der Waals surface area contributed by atoms with Gasteiger partial charge in [0.1, 0.15) is 6.17 Å². The molecule has 1 heterocycles. The van der Waals surface area contributed by atoms with Crippen molar-refractivity contribution in [3.05, 3.63) is 0 Å². The Morgan fingerprint density at radius 3 is 2.60 bits per heavy atom. The van der Waals surface area contributed by atoms with Crippen LogP contribution in [0.3, 0.4) is 0 Å². The predicted octanol–water partition coefficient (Wildman–Crippen LogP) is 1.58. The fourth-order valence-electron chi connectivity index (χ4n) is 1.72. The topological polar surface area (TPSA) is 3.24 Å². The van der Waals surface area contributed by atoms with Crippen LogP contribution in [-0.4, -0.2) is 30.2 Å². The van der Waals surface area contributed by atoms with Gasteiger partial charge in [-0.25, -0.2) is 4.39 Å². The van der Waals surface area contributed by atoms with Gasteiger partial charge in [0, 0.05) is 12.6 Å². The van der Waals surface area contributed by atoms with Crippen molar-refractivity contribution in [3.63, 3.8) is 0 Å². The highest BCUT2D eigenvalue weighted by Crippen LogP contribution is 2.29. The molecule has 0 spiro atoms. The van der Waals surface area contributed by atoms with E-state index in [-0.39, 0.29) is 0 Å². The third kappa shape index (κ3) is 1.31. The fourth-order valence-corrected chi connectivity index (χ4v) is 1.72. The highest BCUT2D eigenvalue weighted by molar-refractivity contribution is 4.87. The minimum atomic E-state index is -0.533. The summed E-state index contributed by atoms with van der Waals surface area (Å²) in [4.78, 5) is 2.31. The lowest BCUT2D eigenvalue weighted by Gasteiger charge is -2.28. The van der Waals surface area contributed by atoms with Crippen LogP contribution in [0.4, 0.5) is 4.39 Å². The van der Waals surface area contributed by atoms with Gasteiger partial charge in [-0.2, -0.15) is 0 Å². The molecule has 1 aliphatic carbocycles. The zero-order valence-electron chi connectivity index (χ0n) is 6.22. The fraction of sp³-hybridized carbons (Fsp3) is 1.00. The summed E-state index contributed by atoms with van der Waals surface area (Å²) in [5.74, 6) is 0. The van der Waals surface area contributed by atoms with Gasteiger partial charge in [-0.3, -0.25) is 4.90 Å². The van der Waals surface area contributed by atoms with Crippen molar-refractivity contribution in [2.24, 2.45) is 0 Å². The average Bonchev–Trinajstić information content (AvgIpc) is 2.68. The van der Waals surface area contributed by atoms with Crippen molar-refractivity contribution in [3.8, 4) is 0 Å². The molecule has 0 aromatic rings. The molecule has 1 nitrogen and oxygen atoms in total. The molecule has 0 aromatic heterocycles. The maximum atomic E-state index is 12.8. The van der Waals surface area contributed by atoms with E-state index < -0.39 is 6.17 Å². The van der Waals surface area contributed by atoms with E-state index in [2.05, 4.69) is 4.90 Å². The zero-order valence-corrected chi connectivity index (χ0v) is 6.22. The first kappa shape index (κ1) is 6.59. The first-order valence-electron chi connectivity index (χ1n) is 4.24. The van der Waals surface area contributed by atoms with Gasteiger partial charge in [-0.15, -0.1) is 0 Å². The summed E-state index contributed by atoms with van der Waals surface area (Å²) in [6.45, 7) is 1.86. The number of piperidine rings is 1. The zero-order chi connectivity index (χ0) is 6.97. The minimum Gasteiger partial charge on any atom is -0.298 e. The number of nitrogens with zero attached hydrogens (tertiary/aromatic N) is 1. The maximum absolute atomic E-state index is 12.8. The Kier molecular flexibility index (Phi) is 1.65. The van der Waals surface area contributed by atoms with Crippen molar-refractivity contribution in [2.45, 2.75) is 37.9 Å². The summed E-state index contributed by atoms with van der Waals surface area (Å²) in [7, 11) is 0. The van der Waals surface area contributed by atoms with Crippen LogP contribution in [0.15, 0.2) is 0 Å². The van der Waals surface area contributed by atoms with Crippen LogP contribution in [0.5, 0.6) is 0 Å². The average molecular weight is 143 g/mol. The summed E-state index contributed by atoms with van der Waals surface area (Å²) >= 11 is 0. The Morgan fingerprint density at radius 2 is 2.00 bits per heavy atom. The van der Waals surface area contributed by atoms with Crippen molar-refractivity contribution in [1.29, 1.82) is 0 Å². The van der Waals surface area contributed by atoms with E-state index in [4.69, 9.17) is 0 Å². The lowest BCUT2D eigenvalue weighted by Crippen LogP contribution is -2.37. The highest BCUT2D eigenvalue weighted by Gasteiger charge is 2.32. The number of halogens is 1. The lowest BCUT2D eigenvalue weighted by molar-refractivity contribution is 0.132. The Balaban J connectivity index is 1.84. The molecule has 2 fully saturated rings. The summed E-state index contributed by atoms with van der Waals surface area (Å²) in [5, 5.41) is 0. The molecular formula is C8H14FN. The molecule has 0 N–H and O–H groups in total. The van der Waals surface area contributed by atoms with E-state index in [9.17, 15) is 4.39 Å². The lowest BCUT2D eigenvalue weighted by atomic mass is 10.1. The first-order valence-corrected chi connectivity index (χ1v) is 4.24. The number of hydrogen-bond acceptors (Lipinski definition) is 1. The third-order valence-corrected chi connectivity index (χ3v) is 2.46. The van der Waals surface area contributed by atoms with Crippen LogP contribution in [0.25, 0.3) is 0 Å². The molecule has 0 bridgehead atoms. The van der Waals surface area contributed by atoms with E-state index in [0.717, 1.165) is 25.4 Å². The molecule has 2 aliphatic rings. The van der Waals surface area contributed by atoms with E-state index >= 15 is 0 Å². The third-order valence-electron chi connectivity index (χ3n) is 2.46. The van der Waals surface area contributed by atoms with Crippen LogP contribution in [0, 0.1) is 0 Å². The second kappa shape index (κ2) is 2.50. The number of likely N-dealkylation sites (tertiary alicyclic amines) is 1. The van der Waals surface area contributed by atoms with E-state index in [1.54, 1.807) is 0 Å². The number of rotatable bonds is 1. The summed E-state index contributed by atoms with van der Waals surface area (Å²) < 4.78 is 12.8. The Labute approximate surface area is 61.2 Å². The molecule has 1 atom stereocenters. The molecule has 2 rings (SSSR count). The first-order chi connectivity index (χ1) is 4.86. The molecule has 2 heteroatoms. The van der Waals surface area contributed by atoms with E-state index in [1.807, 2.05) is 0 Å². The van der Waals surface area contributed by atoms with Gasteiger partial charge in [0.15, 0.2) is 0 Å². The maximum Gasteiger partial charge on any atom is 0.113 e. The van der Waals surface area contributed by atoms with Crippen LogP contribution < -0.4 is 0 Å².